The Labute approximate surface area is 138 Å². The van der Waals surface area contributed by atoms with Gasteiger partial charge in [-0.2, -0.15) is 0 Å². The van der Waals surface area contributed by atoms with Crippen LogP contribution in [-0.2, 0) is 9.59 Å². The maximum absolute atomic E-state index is 13.3. The predicted molar refractivity (Wildman–Crippen MR) is 83.4 cm³/mol. The number of hydrogen-bond donors (Lipinski definition) is 2. The first kappa shape index (κ1) is 17.6. The number of anilines is 1. The minimum absolute atomic E-state index is 0. The van der Waals surface area contributed by atoms with Gasteiger partial charge < -0.3 is 15.5 Å². The lowest BCUT2D eigenvalue weighted by Gasteiger charge is -2.27. The summed E-state index contributed by atoms with van der Waals surface area (Å²) in [4.78, 5) is 25.4. The molecule has 5 nitrogen and oxygen atoms in total. The average molecular weight is 346 g/mol. The monoisotopic (exact) mass is 345 g/mol. The zero-order chi connectivity index (χ0) is 15.7. The molecule has 2 aliphatic heterocycles. The van der Waals surface area contributed by atoms with Crippen molar-refractivity contribution < 1.29 is 18.4 Å². The third-order valence-corrected chi connectivity index (χ3v) is 4.09. The van der Waals surface area contributed by atoms with E-state index in [2.05, 4.69) is 10.6 Å². The minimum atomic E-state index is -0.742. The van der Waals surface area contributed by atoms with E-state index in [0.717, 1.165) is 31.3 Å². The highest BCUT2D eigenvalue weighted by molar-refractivity contribution is 6.00. The Kier molecular flexibility index (Phi) is 5.54. The van der Waals surface area contributed by atoms with Crippen LogP contribution in [0.5, 0.6) is 0 Å². The summed E-state index contributed by atoms with van der Waals surface area (Å²) in [6.45, 7) is 2.51. The van der Waals surface area contributed by atoms with Gasteiger partial charge in [0.25, 0.3) is 0 Å². The Hall–Kier alpha value is -1.73. The van der Waals surface area contributed by atoms with E-state index in [1.807, 2.05) is 0 Å². The summed E-state index contributed by atoms with van der Waals surface area (Å²) in [5, 5.41) is 5.95. The quantitative estimate of drug-likeness (QED) is 0.858. The first-order valence-electron chi connectivity index (χ1n) is 7.28. The van der Waals surface area contributed by atoms with Crippen molar-refractivity contribution >= 4 is 29.9 Å². The molecule has 8 heteroatoms. The van der Waals surface area contributed by atoms with Crippen molar-refractivity contribution in [3.8, 4) is 0 Å². The topological polar surface area (TPSA) is 61.4 Å². The molecule has 2 saturated heterocycles. The molecule has 0 aliphatic carbocycles. The third kappa shape index (κ3) is 3.97. The first-order chi connectivity index (χ1) is 10.5. The van der Waals surface area contributed by atoms with E-state index in [0.29, 0.717) is 12.5 Å². The van der Waals surface area contributed by atoms with Gasteiger partial charge in [-0.1, -0.05) is 0 Å². The highest BCUT2D eigenvalue weighted by Gasteiger charge is 2.35. The van der Waals surface area contributed by atoms with Crippen molar-refractivity contribution in [2.75, 3.05) is 31.1 Å². The molecule has 1 aromatic carbocycles. The molecule has 3 rings (SSSR count). The SMILES string of the molecule is Cl.O=C(NCC1CNC1)C1CC(=O)N(c2cc(F)cc(F)c2)C1. The number of nitrogens with zero attached hydrogens (tertiary/aromatic N) is 1. The highest BCUT2D eigenvalue weighted by Crippen LogP contribution is 2.26. The van der Waals surface area contributed by atoms with Crippen LogP contribution in [0.4, 0.5) is 14.5 Å². The molecule has 0 spiro atoms. The smallest absolute Gasteiger partial charge is 0.227 e. The molecule has 1 atom stereocenters. The van der Waals surface area contributed by atoms with Gasteiger partial charge in [0.2, 0.25) is 11.8 Å². The van der Waals surface area contributed by atoms with Gasteiger partial charge in [-0.25, -0.2) is 8.78 Å². The molecule has 126 valence electrons. The molecule has 2 aliphatic rings. The van der Waals surface area contributed by atoms with Gasteiger partial charge >= 0.3 is 0 Å². The van der Waals surface area contributed by atoms with E-state index in [1.165, 1.54) is 4.90 Å². The normalized spacial score (nSPS) is 20.9. The lowest BCUT2D eigenvalue weighted by atomic mass is 10.0. The summed E-state index contributed by atoms with van der Waals surface area (Å²) in [6, 6.07) is 2.95. The molecule has 2 N–H and O–H groups in total. The predicted octanol–water partition coefficient (Wildman–Crippen LogP) is 1.08. The molecule has 23 heavy (non-hydrogen) atoms. The van der Waals surface area contributed by atoms with Gasteiger partial charge in [0.05, 0.1) is 5.92 Å². The molecule has 0 aromatic heterocycles. The maximum Gasteiger partial charge on any atom is 0.227 e. The summed E-state index contributed by atoms with van der Waals surface area (Å²) in [5.74, 6) is -2.00. The number of carbonyl (C=O) groups excluding carboxylic acids is 2. The van der Waals surface area contributed by atoms with Gasteiger partial charge in [-0.3, -0.25) is 9.59 Å². The largest absolute Gasteiger partial charge is 0.355 e. The number of hydrogen-bond acceptors (Lipinski definition) is 3. The van der Waals surface area contributed by atoms with E-state index in [9.17, 15) is 18.4 Å². The first-order valence-corrected chi connectivity index (χ1v) is 7.28. The molecule has 1 unspecified atom stereocenters. The van der Waals surface area contributed by atoms with Crippen molar-refractivity contribution in [3.63, 3.8) is 0 Å². The van der Waals surface area contributed by atoms with Gasteiger partial charge in [-0.05, 0) is 12.1 Å². The van der Waals surface area contributed by atoms with Crippen LogP contribution in [0.15, 0.2) is 18.2 Å². The summed E-state index contributed by atoms with van der Waals surface area (Å²) < 4.78 is 26.5. The number of nitrogens with one attached hydrogen (secondary N) is 2. The molecule has 0 bridgehead atoms. The van der Waals surface area contributed by atoms with Crippen LogP contribution in [0.25, 0.3) is 0 Å². The number of halogens is 3. The lowest BCUT2D eigenvalue weighted by Crippen LogP contribution is -2.49. The van der Waals surface area contributed by atoms with Crippen LogP contribution >= 0.6 is 12.4 Å². The minimum Gasteiger partial charge on any atom is -0.355 e. The van der Waals surface area contributed by atoms with E-state index >= 15 is 0 Å². The molecule has 2 amide bonds. The fourth-order valence-electron chi connectivity index (χ4n) is 2.71. The Morgan fingerprint density at radius 2 is 1.91 bits per heavy atom. The Morgan fingerprint density at radius 1 is 1.26 bits per heavy atom. The van der Waals surface area contributed by atoms with Crippen molar-refractivity contribution in [3.05, 3.63) is 29.8 Å². The van der Waals surface area contributed by atoms with Crippen LogP contribution in [0.3, 0.4) is 0 Å². The van der Waals surface area contributed by atoms with Crippen molar-refractivity contribution in [2.45, 2.75) is 6.42 Å². The van der Waals surface area contributed by atoms with Crippen LogP contribution < -0.4 is 15.5 Å². The van der Waals surface area contributed by atoms with Crippen LogP contribution in [-0.4, -0.2) is 38.0 Å². The fourth-order valence-corrected chi connectivity index (χ4v) is 2.71. The molecule has 0 radical (unpaired) electrons. The molecule has 2 fully saturated rings. The van der Waals surface area contributed by atoms with Gasteiger partial charge in [0.15, 0.2) is 0 Å². The zero-order valence-corrected chi connectivity index (χ0v) is 13.2. The fraction of sp³-hybridized carbons (Fsp3) is 0.467. The van der Waals surface area contributed by atoms with Crippen LogP contribution in [0.2, 0.25) is 0 Å². The molecule has 1 aromatic rings. The van der Waals surface area contributed by atoms with Gasteiger partial charge in [0, 0.05) is 50.3 Å². The second-order valence-corrected chi connectivity index (χ2v) is 5.80. The lowest BCUT2D eigenvalue weighted by molar-refractivity contribution is -0.126. The van der Waals surface area contributed by atoms with Crippen LogP contribution in [0.1, 0.15) is 6.42 Å². The third-order valence-electron chi connectivity index (χ3n) is 4.09. The highest BCUT2D eigenvalue weighted by atomic mass is 35.5. The van der Waals surface area contributed by atoms with Gasteiger partial charge in [0.1, 0.15) is 11.6 Å². The van der Waals surface area contributed by atoms with Crippen molar-refractivity contribution in [1.82, 2.24) is 10.6 Å². The van der Waals surface area contributed by atoms with Crippen molar-refractivity contribution in [1.29, 1.82) is 0 Å². The Balaban J connectivity index is 0.00000192. The average Bonchev–Trinajstić information content (AvgIpc) is 2.78. The summed E-state index contributed by atoms with van der Waals surface area (Å²) in [6.07, 6.45) is 0.0624. The van der Waals surface area contributed by atoms with E-state index in [1.54, 1.807) is 0 Å². The number of rotatable bonds is 4. The molecule has 0 saturated carbocycles. The maximum atomic E-state index is 13.3. The Morgan fingerprint density at radius 3 is 2.48 bits per heavy atom. The van der Waals surface area contributed by atoms with E-state index < -0.39 is 17.6 Å². The second kappa shape index (κ2) is 7.23. The number of amides is 2. The molecule has 2 heterocycles. The van der Waals surface area contributed by atoms with Gasteiger partial charge in [-0.15, -0.1) is 12.4 Å². The van der Waals surface area contributed by atoms with E-state index in [4.69, 9.17) is 0 Å². The van der Waals surface area contributed by atoms with Crippen LogP contribution in [0, 0.1) is 23.5 Å². The Bertz CT molecular complexity index is 590. The summed E-state index contributed by atoms with van der Waals surface area (Å²) in [7, 11) is 0. The molecular weight excluding hydrogens is 328 g/mol. The summed E-state index contributed by atoms with van der Waals surface area (Å²) in [5.41, 5.74) is 0.154. The zero-order valence-electron chi connectivity index (χ0n) is 12.4. The van der Waals surface area contributed by atoms with E-state index in [-0.39, 0.29) is 42.9 Å². The number of benzene rings is 1. The number of carbonyl (C=O) groups is 2. The van der Waals surface area contributed by atoms with Crippen molar-refractivity contribution in [2.24, 2.45) is 11.8 Å². The molecular formula is C15H18ClF2N3O2. The standard InChI is InChI=1S/C15H17F2N3O2.ClH/c16-11-2-12(17)4-13(3-11)20-8-10(1-14(20)21)15(22)19-7-9-5-18-6-9;/h2-4,9-10,18H,1,5-8H2,(H,19,22);1H. The summed E-state index contributed by atoms with van der Waals surface area (Å²) >= 11 is 0. The second-order valence-electron chi connectivity index (χ2n) is 5.80.